The van der Waals surface area contributed by atoms with Crippen LogP contribution in [0, 0.1) is 0 Å². The summed E-state index contributed by atoms with van der Waals surface area (Å²) in [4.78, 5) is 11.2. The van der Waals surface area contributed by atoms with Crippen LogP contribution in [0.15, 0.2) is 24.3 Å². The van der Waals surface area contributed by atoms with E-state index in [9.17, 15) is 4.79 Å². The van der Waals surface area contributed by atoms with E-state index in [2.05, 4.69) is 29.0 Å². The number of ether oxygens (including phenoxy) is 2. The Balaban J connectivity index is 1.77. The Morgan fingerprint density at radius 1 is 1.55 bits per heavy atom. The standard InChI is InChI=1S/C15H21NO3S/c1-18-15(17)13(16)7-9-20-10-14-12-5-3-2-4-11(12)6-8-19-14/h2-5,13-14H,6-10,16H2,1H3. The summed E-state index contributed by atoms with van der Waals surface area (Å²) in [6, 6.07) is 7.91. The lowest BCUT2D eigenvalue weighted by atomic mass is 9.99. The molecule has 0 spiro atoms. The second-order valence-corrected chi connectivity index (χ2v) is 5.95. The number of hydrogen-bond acceptors (Lipinski definition) is 5. The molecule has 0 saturated carbocycles. The Hall–Kier alpha value is -1.04. The van der Waals surface area contributed by atoms with Gasteiger partial charge in [0.1, 0.15) is 6.04 Å². The molecule has 1 aromatic rings. The molecule has 2 unspecified atom stereocenters. The quantitative estimate of drug-likeness (QED) is 0.642. The van der Waals surface area contributed by atoms with E-state index in [4.69, 9.17) is 10.5 Å². The van der Waals surface area contributed by atoms with Gasteiger partial charge in [-0.05, 0) is 29.7 Å². The summed E-state index contributed by atoms with van der Waals surface area (Å²) in [6.45, 7) is 0.782. The number of fused-ring (bicyclic) bond motifs is 1. The van der Waals surface area contributed by atoms with Crippen molar-refractivity contribution in [1.29, 1.82) is 0 Å². The van der Waals surface area contributed by atoms with Crippen molar-refractivity contribution in [2.45, 2.75) is 25.0 Å². The molecule has 0 bridgehead atoms. The fraction of sp³-hybridized carbons (Fsp3) is 0.533. The van der Waals surface area contributed by atoms with Crippen LogP contribution in [0.1, 0.15) is 23.7 Å². The lowest BCUT2D eigenvalue weighted by molar-refractivity contribution is -0.142. The number of carbonyl (C=O) groups excluding carboxylic acids is 1. The van der Waals surface area contributed by atoms with Crippen LogP contribution in [-0.4, -0.2) is 37.2 Å². The zero-order valence-corrected chi connectivity index (χ0v) is 12.5. The van der Waals surface area contributed by atoms with Crippen LogP contribution in [0.4, 0.5) is 0 Å². The van der Waals surface area contributed by atoms with E-state index in [1.807, 2.05) is 0 Å². The van der Waals surface area contributed by atoms with Crippen molar-refractivity contribution in [3.05, 3.63) is 35.4 Å². The number of nitrogens with two attached hydrogens (primary N) is 1. The van der Waals surface area contributed by atoms with E-state index in [1.165, 1.54) is 18.2 Å². The summed E-state index contributed by atoms with van der Waals surface area (Å²) in [5.74, 6) is 1.38. The maximum atomic E-state index is 11.2. The molecule has 0 radical (unpaired) electrons. The molecule has 110 valence electrons. The van der Waals surface area contributed by atoms with Gasteiger partial charge in [-0.15, -0.1) is 0 Å². The summed E-state index contributed by atoms with van der Waals surface area (Å²) in [7, 11) is 1.36. The van der Waals surface area contributed by atoms with Gasteiger partial charge in [-0.25, -0.2) is 0 Å². The predicted octanol–water partition coefficient (Wildman–Crippen LogP) is 1.92. The summed E-state index contributed by atoms with van der Waals surface area (Å²) < 4.78 is 10.4. The van der Waals surface area contributed by atoms with Crippen molar-refractivity contribution in [1.82, 2.24) is 0 Å². The molecule has 0 aromatic heterocycles. The maximum absolute atomic E-state index is 11.2. The molecule has 2 rings (SSSR count). The highest BCUT2D eigenvalue weighted by Crippen LogP contribution is 2.29. The molecule has 1 aliphatic rings. The highest BCUT2D eigenvalue weighted by Gasteiger charge is 2.20. The molecule has 0 fully saturated rings. The first kappa shape index (κ1) is 15.4. The molecular formula is C15H21NO3S. The zero-order valence-electron chi connectivity index (χ0n) is 11.7. The van der Waals surface area contributed by atoms with Gasteiger partial charge in [0.05, 0.1) is 19.8 Å². The normalized spacial score (nSPS) is 19.2. The van der Waals surface area contributed by atoms with Gasteiger partial charge in [-0.1, -0.05) is 24.3 Å². The number of hydrogen-bond donors (Lipinski definition) is 1. The van der Waals surface area contributed by atoms with Gasteiger partial charge < -0.3 is 15.2 Å². The van der Waals surface area contributed by atoms with E-state index in [-0.39, 0.29) is 12.1 Å². The average molecular weight is 295 g/mol. The molecule has 20 heavy (non-hydrogen) atoms. The van der Waals surface area contributed by atoms with Crippen molar-refractivity contribution in [2.24, 2.45) is 5.73 Å². The van der Waals surface area contributed by atoms with Gasteiger partial charge in [0.15, 0.2) is 0 Å². The molecule has 1 heterocycles. The first-order chi connectivity index (χ1) is 9.72. The number of thioether (sulfide) groups is 1. The minimum atomic E-state index is -0.521. The number of methoxy groups -OCH3 is 1. The van der Waals surface area contributed by atoms with Crippen LogP contribution in [-0.2, 0) is 20.7 Å². The second-order valence-electron chi connectivity index (χ2n) is 4.80. The molecule has 0 amide bonds. The number of benzene rings is 1. The first-order valence-electron chi connectivity index (χ1n) is 6.83. The van der Waals surface area contributed by atoms with Gasteiger partial charge in [0.25, 0.3) is 0 Å². The third-order valence-corrected chi connectivity index (χ3v) is 4.50. The van der Waals surface area contributed by atoms with E-state index < -0.39 is 6.04 Å². The van der Waals surface area contributed by atoms with E-state index >= 15 is 0 Å². The summed E-state index contributed by atoms with van der Waals surface area (Å²) >= 11 is 1.77. The smallest absolute Gasteiger partial charge is 0.322 e. The van der Waals surface area contributed by atoms with Crippen LogP contribution < -0.4 is 5.73 Å². The SMILES string of the molecule is COC(=O)C(N)CCSCC1OCCc2ccccc21. The van der Waals surface area contributed by atoms with Crippen molar-refractivity contribution in [3.8, 4) is 0 Å². The Kier molecular flexibility index (Phi) is 5.88. The lowest BCUT2D eigenvalue weighted by Gasteiger charge is -2.25. The maximum Gasteiger partial charge on any atom is 0.322 e. The van der Waals surface area contributed by atoms with Crippen LogP contribution in [0.2, 0.25) is 0 Å². The Labute approximate surface area is 124 Å². The highest BCUT2D eigenvalue weighted by molar-refractivity contribution is 7.99. The fourth-order valence-corrected chi connectivity index (χ4v) is 3.36. The van der Waals surface area contributed by atoms with Crippen LogP contribution in [0.5, 0.6) is 0 Å². The van der Waals surface area contributed by atoms with Crippen molar-refractivity contribution < 1.29 is 14.3 Å². The summed E-state index contributed by atoms with van der Waals surface area (Å²) in [6.07, 6.45) is 1.77. The van der Waals surface area contributed by atoms with Crippen LogP contribution in [0.25, 0.3) is 0 Å². The minimum Gasteiger partial charge on any atom is -0.468 e. The summed E-state index contributed by atoms with van der Waals surface area (Å²) in [5.41, 5.74) is 8.38. The third-order valence-electron chi connectivity index (χ3n) is 3.44. The average Bonchev–Trinajstić information content (AvgIpc) is 2.50. The van der Waals surface area contributed by atoms with Gasteiger partial charge in [-0.2, -0.15) is 11.8 Å². The van der Waals surface area contributed by atoms with E-state index in [0.29, 0.717) is 6.42 Å². The molecule has 1 aliphatic heterocycles. The minimum absolute atomic E-state index is 0.152. The molecule has 2 atom stereocenters. The van der Waals surface area contributed by atoms with Crippen molar-refractivity contribution in [2.75, 3.05) is 25.2 Å². The first-order valence-corrected chi connectivity index (χ1v) is 7.98. The highest BCUT2D eigenvalue weighted by atomic mass is 32.2. The van der Waals surface area contributed by atoms with Crippen molar-refractivity contribution >= 4 is 17.7 Å². The number of rotatable bonds is 6. The molecule has 0 saturated heterocycles. The second kappa shape index (κ2) is 7.67. The molecule has 2 N–H and O–H groups in total. The van der Waals surface area contributed by atoms with E-state index in [0.717, 1.165) is 24.5 Å². The van der Waals surface area contributed by atoms with Gasteiger partial charge in [0.2, 0.25) is 0 Å². The largest absolute Gasteiger partial charge is 0.468 e. The zero-order chi connectivity index (χ0) is 14.4. The molecule has 5 heteroatoms. The molecule has 4 nitrogen and oxygen atoms in total. The Morgan fingerprint density at radius 3 is 3.15 bits per heavy atom. The molecular weight excluding hydrogens is 274 g/mol. The number of carbonyl (C=O) groups is 1. The topological polar surface area (TPSA) is 61.5 Å². The molecule has 1 aromatic carbocycles. The third kappa shape index (κ3) is 3.98. The fourth-order valence-electron chi connectivity index (χ4n) is 2.28. The van der Waals surface area contributed by atoms with E-state index in [1.54, 1.807) is 11.8 Å². The monoisotopic (exact) mass is 295 g/mol. The van der Waals surface area contributed by atoms with Crippen LogP contribution in [0.3, 0.4) is 0 Å². The lowest BCUT2D eigenvalue weighted by Crippen LogP contribution is -2.32. The predicted molar refractivity (Wildman–Crippen MR) is 80.8 cm³/mol. The number of esters is 1. The van der Waals surface area contributed by atoms with Crippen molar-refractivity contribution in [3.63, 3.8) is 0 Å². The Morgan fingerprint density at radius 2 is 2.35 bits per heavy atom. The Bertz CT molecular complexity index is 452. The summed E-state index contributed by atoms with van der Waals surface area (Å²) in [5, 5.41) is 0. The van der Waals surface area contributed by atoms with Crippen LogP contribution >= 0.6 is 11.8 Å². The van der Waals surface area contributed by atoms with Gasteiger partial charge in [0, 0.05) is 5.75 Å². The van der Waals surface area contributed by atoms with Gasteiger partial charge >= 0.3 is 5.97 Å². The molecule has 0 aliphatic carbocycles. The van der Waals surface area contributed by atoms with Gasteiger partial charge in [-0.3, -0.25) is 4.79 Å².